The zero-order chi connectivity index (χ0) is 15.7. The van der Waals surface area contributed by atoms with Crippen molar-refractivity contribution < 1.29 is 13.5 Å². The molecule has 1 fully saturated rings. The average molecular weight is 322 g/mol. The summed E-state index contributed by atoms with van der Waals surface area (Å²) < 4.78 is 29.2. The van der Waals surface area contributed by atoms with E-state index in [2.05, 4.69) is 14.7 Å². The maximum atomic E-state index is 12.5. The molecule has 8 heteroatoms. The fraction of sp³-hybridized carbons (Fsp3) is 0.429. The van der Waals surface area contributed by atoms with Crippen LogP contribution in [-0.4, -0.2) is 34.2 Å². The molecule has 118 valence electrons. The quantitative estimate of drug-likeness (QED) is 0.840. The number of aliphatic hydroxyl groups is 1. The first-order valence-electron chi connectivity index (χ1n) is 7.05. The van der Waals surface area contributed by atoms with Gasteiger partial charge in [0.1, 0.15) is 0 Å². The van der Waals surface area contributed by atoms with Crippen molar-refractivity contribution in [1.29, 1.82) is 0 Å². The highest BCUT2D eigenvalue weighted by atomic mass is 32.2. The van der Waals surface area contributed by atoms with Crippen molar-refractivity contribution in [3.05, 3.63) is 42.6 Å². The van der Waals surface area contributed by atoms with E-state index >= 15 is 0 Å². The summed E-state index contributed by atoms with van der Waals surface area (Å²) in [7, 11) is -2.02. The van der Waals surface area contributed by atoms with E-state index < -0.39 is 16.1 Å². The van der Waals surface area contributed by atoms with E-state index in [0.717, 1.165) is 0 Å². The Balaban J connectivity index is 1.87. The predicted molar refractivity (Wildman–Crippen MR) is 79.2 cm³/mol. The molecule has 1 aliphatic carbocycles. The molecule has 0 amide bonds. The Kier molecular flexibility index (Phi) is 3.98. The van der Waals surface area contributed by atoms with Crippen LogP contribution in [0.3, 0.4) is 0 Å². The van der Waals surface area contributed by atoms with Crippen LogP contribution in [0, 0.1) is 5.92 Å². The average Bonchev–Trinajstić information content (AvgIpc) is 2.90. The molecule has 0 spiro atoms. The molecule has 2 N–H and O–H groups in total. The highest BCUT2D eigenvalue weighted by Gasteiger charge is 2.38. The Morgan fingerprint density at radius 1 is 1.36 bits per heavy atom. The largest absolute Gasteiger partial charge is 0.393 e. The number of hydrogen-bond acceptors (Lipinski definition) is 5. The van der Waals surface area contributed by atoms with Gasteiger partial charge in [0.25, 0.3) is 10.0 Å². The molecule has 1 atom stereocenters. The molecule has 2 aromatic rings. The van der Waals surface area contributed by atoms with Crippen LogP contribution >= 0.6 is 0 Å². The van der Waals surface area contributed by atoms with Gasteiger partial charge in [0, 0.05) is 19.4 Å². The van der Waals surface area contributed by atoms with Crippen molar-refractivity contribution in [2.75, 3.05) is 0 Å². The third-order valence-electron chi connectivity index (χ3n) is 3.87. The predicted octanol–water partition coefficient (Wildman–Crippen LogP) is 0.606. The Morgan fingerprint density at radius 2 is 2.14 bits per heavy atom. The zero-order valence-electron chi connectivity index (χ0n) is 12.1. The normalized spacial score (nSPS) is 23.0. The number of aryl methyl sites for hydroxylation is 1. The summed E-state index contributed by atoms with van der Waals surface area (Å²) in [5.74, 6) is 0.0309. The summed E-state index contributed by atoms with van der Waals surface area (Å²) in [6.07, 6.45) is 5.28. The van der Waals surface area contributed by atoms with Gasteiger partial charge < -0.3 is 9.67 Å². The lowest BCUT2D eigenvalue weighted by Crippen LogP contribution is -2.41. The lowest BCUT2D eigenvalue weighted by Gasteiger charge is -2.37. The molecular weight excluding hydrogens is 304 g/mol. The van der Waals surface area contributed by atoms with Gasteiger partial charge in [-0.05, 0) is 30.9 Å². The van der Waals surface area contributed by atoms with E-state index in [0.29, 0.717) is 18.5 Å². The number of nitrogens with zero attached hydrogens (tertiary/aromatic N) is 3. The molecule has 0 aliphatic heterocycles. The number of hydrogen-bond donors (Lipinski definition) is 2. The van der Waals surface area contributed by atoms with Gasteiger partial charge in [0.2, 0.25) is 0 Å². The molecule has 22 heavy (non-hydrogen) atoms. The molecule has 0 aromatic carbocycles. The Labute approximate surface area is 129 Å². The minimum absolute atomic E-state index is 0.0178. The summed E-state index contributed by atoms with van der Waals surface area (Å²) in [5.41, 5.74) is 0.652. The van der Waals surface area contributed by atoms with Crippen LogP contribution in [-0.2, 0) is 17.1 Å². The van der Waals surface area contributed by atoms with Gasteiger partial charge >= 0.3 is 0 Å². The molecule has 3 rings (SSSR count). The lowest BCUT2D eigenvalue weighted by atomic mass is 9.76. The van der Waals surface area contributed by atoms with E-state index in [1.54, 1.807) is 29.9 Å². The van der Waals surface area contributed by atoms with Gasteiger partial charge in [0.05, 0.1) is 24.2 Å². The number of nitrogens with one attached hydrogen (secondary N) is 1. The molecule has 2 heterocycles. The van der Waals surface area contributed by atoms with E-state index in [9.17, 15) is 13.5 Å². The second-order valence-corrected chi connectivity index (χ2v) is 7.28. The molecule has 1 saturated carbocycles. The van der Waals surface area contributed by atoms with Crippen LogP contribution in [0.15, 0.2) is 41.9 Å². The van der Waals surface area contributed by atoms with Crippen molar-refractivity contribution in [2.24, 2.45) is 13.0 Å². The highest BCUT2D eigenvalue weighted by molar-refractivity contribution is 7.89. The minimum Gasteiger partial charge on any atom is -0.393 e. The van der Waals surface area contributed by atoms with Gasteiger partial charge in [-0.2, -0.15) is 0 Å². The Bertz CT molecular complexity index is 738. The maximum Gasteiger partial charge on any atom is 0.260 e. The molecule has 0 saturated heterocycles. The molecule has 0 bridgehead atoms. The van der Waals surface area contributed by atoms with Crippen molar-refractivity contribution in [2.45, 2.75) is 30.0 Å². The minimum atomic E-state index is -3.73. The first-order chi connectivity index (χ1) is 10.5. The first kappa shape index (κ1) is 15.1. The number of aliphatic hydroxyl groups excluding tert-OH is 1. The number of aromatic nitrogens is 3. The molecule has 0 unspecified atom stereocenters. The summed E-state index contributed by atoms with van der Waals surface area (Å²) in [4.78, 5) is 8.15. The van der Waals surface area contributed by atoms with Crippen molar-refractivity contribution in [3.8, 4) is 0 Å². The second kappa shape index (κ2) is 5.79. The van der Waals surface area contributed by atoms with Crippen LogP contribution in [0.5, 0.6) is 0 Å². The van der Waals surface area contributed by atoms with Crippen LogP contribution in [0.4, 0.5) is 0 Å². The second-order valence-electron chi connectivity index (χ2n) is 5.62. The van der Waals surface area contributed by atoms with Crippen molar-refractivity contribution in [1.82, 2.24) is 19.3 Å². The van der Waals surface area contributed by atoms with Crippen LogP contribution < -0.4 is 4.72 Å². The van der Waals surface area contributed by atoms with Crippen LogP contribution in [0.2, 0.25) is 0 Å². The third kappa shape index (κ3) is 3.03. The third-order valence-corrected chi connectivity index (χ3v) is 5.19. The number of sulfonamides is 1. The molecule has 0 radical (unpaired) electrons. The van der Waals surface area contributed by atoms with Gasteiger partial charge in [-0.1, -0.05) is 6.07 Å². The maximum absolute atomic E-state index is 12.5. The van der Waals surface area contributed by atoms with Crippen LogP contribution in [0.25, 0.3) is 0 Å². The number of imidazole rings is 1. The van der Waals surface area contributed by atoms with E-state index in [-0.39, 0.29) is 17.0 Å². The fourth-order valence-electron chi connectivity index (χ4n) is 2.62. The van der Waals surface area contributed by atoms with E-state index in [1.165, 1.54) is 12.5 Å². The lowest BCUT2D eigenvalue weighted by molar-refractivity contribution is 0.0273. The summed E-state index contributed by atoms with van der Waals surface area (Å²) in [6, 6.07) is 4.93. The summed E-state index contributed by atoms with van der Waals surface area (Å²) >= 11 is 0. The molecule has 2 aromatic heterocycles. The van der Waals surface area contributed by atoms with Crippen molar-refractivity contribution >= 4 is 10.0 Å². The number of pyridine rings is 1. The van der Waals surface area contributed by atoms with Crippen LogP contribution in [0.1, 0.15) is 24.6 Å². The van der Waals surface area contributed by atoms with Gasteiger partial charge in [-0.15, -0.1) is 0 Å². The molecule has 7 nitrogen and oxygen atoms in total. The molecular formula is C14H18N4O3S. The summed E-state index contributed by atoms with van der Waals surface area (Å²) in [5, 5.41) is 9.50. The smallest absolute Gasteiger partial charge is 0.260 e. The summed E-state index contributed by atoms with van der Waals surface area (Å²) in [6.45, 7) is 0. The monoisotopic (exact) mass is 322 g/mol. The highest BCUT2D eigenvalue weighted by Crippen LogP contribution is 2.38. The SMILES string of the molecule is Cn1cnc(S(=O)(=O)N[C@H](c2ccccn2)C2CC(O)C2)c1. The van der Waals surface area contributed by atoms with E-state index in [4.69, 9.17) is 0 Å². The topological polar surface area (TPSA) is 97.1 Å². The Morgan fingerprint density at radius 3 is 2.68 bits per heavy atom. The van der Waals surface area contributed by atoms with Crippen molar-refractivity contribution in [3.63, 3.8) is 0 Å². The van der Waals surface area contributed by atoms with Gasteiger partial charge in [0.15, 0.2) is 5.03 Å². The van der Waals surface area contributed by atoms with E-state index in [1.807, 2.05) is 6.07 Å². The molecule has 1 aliphatic rings. The van der Waals surface area contributed by atoms with Gasteiger partial charge in [-0.3, -0.25) is 4.98 Å². The zero-order valence-corrected chi connectivity index (χ0v) is 12.9. The fourth-order valence-corrected chi connectivity index (χ4v) is 3.87. The first-order valence-corrected chi connectivity index (χ1v) is 8.53. The number of rotatable bonds is 5. The Hall–Kier alpha value is -1.77. The standard InChI is InChI=1S/C14H18N4O3S/c1-18-8-13(16-9-18)22(20,21)17-14(10-6-11(19)7-10)12-4-2-3-5-15-12/h2-5,8-11,14,17,19H,6-7H2,1H3/t10?,11?,14-/m0/s1. The van der Waals surface area contributed by atoms with Gasteiger partial charge in [-0.25, -0.2) is 18.1 Å².